The fraction of sp³-hybridized carbons (Fsp3) is 0.353. The maximum atomic E-state index is 12.6. The van der Waals surface area contributed by atoms with Crippen molar-refractivity contribution in [2.45, 2.75) is 19.6 Å². The number of aliphatic imine (C=N–C) groups is 1. The van der Waals surface area contributed by atoms with Crippen molar-refractivity contribution >= 4 is 29.9 Å². The maximum absolute atomic E-state index is 12.6. The second-order valence-electron chi connectivity index (χ2n) is 5.03. The molecule has 0 amide bonds. The van der Waals surface area contributed by atoms with Crippen LogP contribution in [0.5, 0.6) is 11.5 Å². The number of alkyl halides is 2. The van der Waals surface area contributed by atoms with Gasteiger partial charge in [-0.25, -0.2) is 0 Å². The lowest BCUT2D eigenvalue weighted by molar-refractivity contribution is -0.0505. The van der Waals surface area contributed by atoms with E-state index in [0.717, 1.165) is 5.76 Å². The van der Waals surface area contributed by atoms with Crippen molar-refractivity contribution in [3.05, 3.63) is 47.9 Å². The van der Waals surface area contributed by atoms with Gasteiger partial charge in [0.1, 0.15) is 17.3 Å². The number of nitrogens with zero attached hydrogens (tertiary/aromatic N) is 1. The van der Waals surface area contributed by atoms with E-state index in [2.05, 4.69) is 20.4 Å². The Morgan fingerprint density at radius 3 is 2.69 bits per heavy atom. The predicted octanol–water partition coefficient (Wildman–Crippen LogP) is 3.42. The zero-order valence-electron chi connectivity index (χ0n) is 14.5. The van der Waals surface area contributed by atoms with E-state index in [1.165, 1.54) is 13.2 Å². The van der Waals surface area contributed by atoms with Crippen LogP contribution in [0, 0.1) is 0 Å². The van der Waals surface area contributed by atoms with Gasteiger partial charge in [0.15, 0.2) is 5.96 Å². The highest BCUT2D eigenvalue weighted by Crippen LogP contribution is 2.26. The average molecular weight is 481 g/mol. The van der Waals surface area contributed by atoms with Crippen LogP contribution in [0.15, 0.2) is 46.0 Å². The molecule has 0 radical (unpaired) electrons. The minimum absolute atomic E-state index is 0. The van der Waals surface area contributed by atoms with Crippen molar-refractivity contribution in [1.29, 1.82) is 0 Å². The molecule has 0 aliphatic carbocycles. The Hall–Kier alpha value is -2.04. The molecule has 1 aromatic heterocycles. The van der Waals surface area contributed by atoms with Gasteiger partial charge in [0, 0.05) is 38.2 Å². The molecule has 0 saturated carbocycles. The van der Waals surface area contributed by atoms with E-state index >= 15 is 0 Å². The highest BCUT2D eigenvalue weighted by molar-refractivity contribution is 14.0. The number of benzene rings is 1. The van der Waals surface area contributed by atoms with Gasteiger partial charge in [0.05, 0.1) is 13.4 Å². The van der Waals surface area contributed by atoms with Crippen LogP contribution in [0.3, 0.4) is 0 Å². The molecule has 6 nitrogen and oxygen atoms in total. The summed E-state index contributed by atoms with van der Waals surface area (Å²) in [6.07, 6.45) is 2.33. The largest absolute Gasteiger partial charge is 0.497 e. The molecule has 0 spiro atoms. The number of furan rings is 1. The van der Waals surface area contributed by atoms with Gasteiger partial charge in [-0.15, -0.1) is 24.0 Å². The Kier molecular flexibility index (Phi) is 9.78. The number of rotatable bonds is 8. The fourth-order valence-electron chi connectivity index (χ4n) is 2.17. The van der Waals surface area contributed by atoms with Crippen molar-refractivity contribution in [2.24, 2.45) is 4.99 Å². The molecule has 0 unspecified atom stereocenters. The maximum Gasteiger partial charge on any atom is 0.387 e. The van der Waals surface area contributed by atoms with Crippen LogP contribution < -0.4 is 20.1 Å². The monoisotopic (exact) mass is 481 g/mol. The molecular weight excluding hydrogens is 459 g/mol. The Morgan fingerprint density at radius 2 is 2.08 bits per heavy atom. The predicted molar refractivity (Wildman–Crippen MR) is 106 cm³/mol. The lowest BCUT2D eigenvalue weighted by atomic mass is 10.2. The number of halogens is 3. The third kappa shape index (κ3) is 7.06. The summed E-state index contributed by atoms with van der Waals surface area (Å²) in [6.45, 7) is -2.01. The van der Waals surface area contributed by atoms with Crippen LogP contribution in [-0.2, 0) is 13.0 Å². The molecule has 0 bridgehead atoms. The normalized spacial score (nSPS) is 11.0. The Balaban J connectivity index is 0.00000338. The molecule has 144 valence electrons. The summed E-state index contributed by atoms with van der Waals surface area (Å²) >= 11 is 0. The SMILES string of the molecule is CN=C(NCCc1ccco1)NCc1ccc(OC)cc1OC(F)F.I. The summed E-state index contributed by atoms with van der Waals surface area (Å²) in [6, 6.07) is 8.50. The highest BCUT2D eigenvalue weighted by Gasteiger charge is 2.11. The molecule has 2 N–H and O–H groups in total. The van der Waals surface area contributed by atoms with Crippen molar-refractivity contribution < 1.29 is 22.7 Å². The first-order chi connectivity index (χ1) is 12.1. The lowest BCUT2D eigenvalue weighted by Gasteiger charge is -2.15. The molecule has 0 aliphatic rings. The molecular formula is C17H22F2IN3O3. The molecule has 0 saturated heterocycles. The molecule has 9 heteroatoms. The van der Waals surface area contributed by atoms with E-state index in [9.17, 15) is 8.78 Å². The zero-order chi connectivity index (χ0) is 18.1. The van der Waals surface area contributed by atoms with Gasteiger partial charge >= 0.3 is 6.61 Å². The quantitative estimate of drug-likeness (QED) is 0.344. The summed E-state index contributed by atoms with van der Waals surface area (Å²) in [5.74, 6) is 1.92. The van der Waals surface area contributed by atoms with Crippen LogP contribution in [0.4, 0.5) is 8.78 Å². The number of ether oxygens (including phenoxy) is 2. The van der Waals surface area contributed by atoms with E-state index in [4.69, 9.17) is 9.15 Å². The molecule has 0 atom stereocenters. The van der Waals surface area contributed by atoms with Crippen molar-refractivity contribution in [2.75, 3.05) is 20.7 Å². The summed E-state index contributed by atoms with van der Waals surface area (Å²) in [4.78, 5) is 4.10. The Bertz CT molecular complexity index is 682. The number of hydrogen-bond donors (Lipinski definition) is 2. The van der Waals surface area contributed by atoms with Gasteiger partial charge in [-0.1, -0.05) is 0 Å². The van der Waals surface area contributed by atoms with Crippen LogP contribution in [-0.4, -0.2) is 33.3 Å². The molecule has 2 aromatic rings. The van der Waals surface area contributed by atoms with Crippen molar-refractivity contribution in [3.8, 4) is 11.5 Å². The van der Waals surface area contributed by atoms with Crippen molar-refractivity contribution in [1.82, 2.24) is 10.6 Å². The molecule has 2 rings (SSSR count). The second-order valence-corrected chi connectivity index (χ2v) is 5.03. The first-order valence-electron chi connectivity index (χ1n) is 7.71. The molecule has 1 aromatic carbocycles. The van der Waals surface area contributed by atoms with Crippen LogP contribution in [0.25, 0.3) is 0 Å². The minimum atomic E-state index is -2.91. The van der Waals surface area contributed by atoms with Gasteiger partial charge in [-0.05, 0) is 24.3 Å². The molecule has 26 heavy (non-hydrogen) atoms. The molecule has 1 heterocycles. The Labute approximate surface area is 168 Å². The first-order valence-corrected chi connectivity index (χ1v) is 7.71. The third-order valence-corrected chi connectivity index (χ3v) is 3.40. The summed E-state index contributed by atoms with van der Waals surface area (Å²) < 4.78 is 40.0. The van der Waals surface area contributed by atoms with Gasteiger partial charge in [0.25, 0.3) is 0 Å². The van der Waals surface area contributed by atoms with Crippen molar-refractivity contribution in [3.63, 3.8) is 0 Å². The van der Waals surface area contributed by atoms with E-state index in [1.807, 2.05) is 12.1 Å². The fourth-order valence-corrected chi connectivity index (χ4v) is 2.17. The number of methoxy groups -OCH3 is 1. The summed E-state index contributed by atoms with van der Waals surface area (Å²) in [5, 5.41) is 6.19. The van der Waals surface area contributed by atoms with E-state index < -0.39 is 6.61 Å². The van der Waals surface area contributed by atoms with Gasteiger partial charge < -0.3 is 24.5 Å². The Morgan fingerprint density at radius 1 is 1.27 bits per heavy atom. The third-order valence-electron chi connectivity index (χ3n) is 3.40. The zero-order valence-corrected chi connectivity index (χ0v) is 16.8. The van der Waals surface area contributed by atoms with Gasteiger partial charge in [-0.3, -0.25) is 4.99 Å². The number of nitrogens with one attached hydrogen (secondary N) is 2. The van der Waals surface area contributed by atoms with Crippen LogP contribution >= 0.6 is 24.0 Å². The standard InChI is InChI=1S/C17H21F2N3O3.HI/c1-20-17(21-8-7-13-4-3-9-24-13)22-11-12-5-6-14(23-2)10-15(12)25-16(18)19;/h3-6,9-10,16H,7-8,11H2,1-2H3,(H2,20,21,22);1H. The summed E-state index contributed by atoms with van der Waals surface area (Å²) in [7, 11) is 3.09. The summed E-state index contributed by atoms with van der Waals surface area (Å²) in [5.41, 5.74) is 0.565. The lowest BCUT2D eigenvalue weighted by Crippen LogP contribution is -2.37. The van der Waals surface area contributed by atoms with Gasteiger partial charge in [0.2, 0.25) is 0 Å². The highest BCUT2D eigenvalue weighted by atomic mass is 127. The topological polar surface area (TPSA) is 68.0 Å². The number of guanidine groups is 1. The van der Waals surface area contributed by atoms with E-state index in [-0.39, 0.29) is 36.3 Å². The second kappa shape index (κ2) is 11.6. The van der Waals surface area contributed by atoms with E-state index in [1.54, 1.807) is 25.4 Å². The molecule has 0 aliphatic heterocycles. The smallest absolute Gasteiger partial charge is 0.387 e. The molecule has 0 fully saturated rings. The average Bonchev–Trinajstić information content (AvgIpc) is 3.11. The minimum Gasteiger partial charge on any atom is -0.497 e. The van der Waals surface area contributed by atoms with Gasteiger partial charge in [-0.2, -0.15) is 8.78 Å². The first kappa shape index (κ1) is 22.0. The van der Waals surface area contributed by atoms with Crippen LogP contribution in [0.1, 0.15) is 11.3 Å². The number of hydrogen-bond acceptors (Lipinski definition) is 4. The van der Waals surface area contributed by atoms with Crippen LogP contribution in [0.2, 0.25) is 0 Å². The van der Waals surface area contributed by atoms with E-state index in [0.29, 0.717) is 30.2 Å².